The van der Waals surface area contributed by atoms with Crippen LogP contribution in [0.15, 0.2) is 47.6 Å². The highest BCUT2D eigenvalue weighted by Gasteiger charge is 2.19. The van der Waals surface area contributed by atoms with Gasteiger partial charge in [-0.25, -0.2) is 18.1 Å². The van der Waals surface area contributed by atoms with Crippen molar-refractivity contribution in [2.24, 2.45) is 0 Å². The molecule has 1 heterocycles. The SMILES string of the molecule is CNc1cccnc1S(=O)(=O)NCc1ccc(C)cc1. The molecule has 0 saturated heterocycles. The van der Waals surface area contributed by atoms with Gasteiger partial charge in [0, 0.05) is 19.8 Å². The first-order valence-electron chi connectivity index (χ1n) is 6.21. The van der Waals surface area contributed by atoms with Crippen molar-refractivity contribution in [3.8, 4) is 0 Å². The molecule has 0 aliphatic heterocycles. The van der Waals surface area contributed by atoms with Crippen molar-refractivity contribution in [2.75, 3.05) is 12.4 Å². The van der Waals surface area contributed by atoms with E-state index in [4.69, 9.17) is 0 Å². The van der Waals surface area contributed by atoms with Crippen LogP contribution in [0.4, 0.5) is 5.69 Å². The smallest absolute Gasteiger partial charge is 0.260 e. The minimum absolute atomic E-state index is 0.00890. The summed E-state index contributed by atoms with van der Waals surface area (Å²) in [6.45, 7) is 2.23. The fraction of sp³-hybridized carbons (Fsp3) is 0.214. The van der Waals surface area contributed by atoms with Crippen molar-refractivity contribution in [2.45, 2.75) is 18.5 Å². The summed E-state index contributed by atoms with van der Waals surface area (Å²) in [5.41, 5.74) is 2.52. The van der Waals surface area contributed by atoms with Crippen LogP contribution >= 0.6 is 0 Å². The van der Waals surface area contributed by atoms with Crippen molar-refractivity contribution in [1.29, 1.82) is 0 Å². The molecular weight excluding hydrogens is 274 g/mol. The molecule has 0 aliphatic carbocycles. The van der Waals surface area contributed by atoms with E-state index in [1.165, 1.54) is 6.20 Å². The summed E-state index contributed by atoms with van der Waals surface area (Å²) in [4.78, 5) is 3.93. The van der Waals surface area contributed by atoms with Crippen LogP contribution in [0.5, 0.6) is 0 Å². The van der Waals surface area contributed by atoms with Crippen LogP contribution in [0.25, 0.3) is 0 Å². The van der Waals surface area contributed by atoms with E-state index in [1.807, 2.05) is 31.2 Å². The monoisotopic (exact) mass is 291 g/mol. The zero-order valence-electron chi connectivity index (χ0n) is 11.4. The van der Waals surface area contributed by atoms with E-state index in [9.17, 15) is 8.42 Å². The Morgan fingerprint density at radius 1 is 1.15 bits per heavy atom. The number of rotatable bonds is 5. The molecule has 0 radical (unpaired) electrons. The van der Waals surface area contributed by atoms with Gasteiger partial charge >= 0.3 is 0 Å². The molecule has 2 rings (SSSR count). The zero-order valence-corrected chi connectivity index (χ0v) is 12.2. The third-order valence-corrected chi connectivity index (χ3v) is 4.24. The lowest BCUT2D eigenvalue weighted by Gasteiger charge is -2.10. The van der Waals surface area contributed by atoms with E-state index in [2.05, 4.69) is 15.0 Å². The van der Waals surface area contributed by atoms with Crippen molar-refractivity contribution in [3.63, 3.8) is 0 Å². The van der Waals surface area contributed by atoms with E-state index in [0.717, 1.165) is 11.1 Å². The average Bonchev–Trinajstić information content (AvgIpc) is 2.46. The molecule has 0 amide bonds. The third kappa shape index (κ3) is 3.34. The van der Waals surface area contributed by atoms with Crippen LogP contribution < -0.4 is 10.0 Å². The molecule has 0 saturated carbocycles. The summed E-state index contributed by atoms with van der Waals surface area (Å²) in [7, 11) is -1.97. The highest BCUT2D eigenvalue weighted by atomic mass is 32.2. The predicted molar refractivity (Wildman–Crippen MR) is 79.0 cm³/mol. The van der Waals surface area contributed by atoms with E-state index in [-0.39, 0.29) is 11.6 Å². The summed E-state index contributed by atoms with van der Waals surface area (Å²) in [5, 5.41) is 2.83. The van der Waals surface area contributed by atoms with Gasteiger partial charge in [-0.3, -0.25) is 0 Å². The quantitative estimate of drug-likeness (QED) is 0.883. The number of anilines is 1. The standard InChI is InChI=1S/C14H17N3O2S/c1-11-5-7-12(8-6-11)10-17-20(18,19)14-13(15-2)4-3-9-16-14/h3-9,15,17H,10H2,1-2H3. The average molecular weight is 291 g/mol. The highest BCUT2D eigenvalue weighted by molar-refractivity contribution is 7.89. The van der Waals surface area contributed by atoms with Gasteiger partial charge in [-0.2, -0.15) is 0 Å². The van der Waals surface area contributed by atoms with Gasteiger partial charge in [0.15, 0.2) is 5.03 Å². The molecular formula is C14H17N3O2S. The van der Waals surface area contributed by atoms with Gasteiger partial charge in [0.25, 0.3) is 10.0 Å². The second kappa shape index (κ2) is 6.02. The van der Waals surface area contributed by atoms with Gasteiger partial charge in [0.2, 0.25) is 0 Å². The molecule has 0 fully saturated rings. The second-order valence-corrected chi connectivity index (χ2v) is 6.10. The lowest BCUT2D eigenvalue weighted by Crippen LogP contribution is -2.25. The maximum atomic E-state index is 12.2. The van der Waals surface area contributed by atoms with Crippen molar-refractivity contribution >= 4 is 15.7 Å². The minimum atomic E-state index is -3.63. The third-order valence-electron chi connectivity index (χ3n) is 2.88. The van der Waals surface area contributed by atoms with Crippen molar-refractivity contribution in [1.82, 2.24) is 9.71 Å². The Balaban J connectivity index is 2.17. The van der Waals surface area contributed by atoms with Gasteiger partial charge in [-0.15, -0.1) is 0 Å². The van der Waals surface area contributed by atoms with Gasteiger partial charge in [0.1, 0.15) is 0 Å². The molecule has 0 bridgehead atoms. The number of nitrogens with zero attached hydrogens (tertiary/aromatic N) is 1. The Kier molecular flexibility index (Phi) is 4.36. The number of pyridine rings is 1. The summed E-state index contributed by atoms with van der Waals surface area (Å²) >= 11 is 0. The maximum Gasteiger partial charge on any atom is 0.260 e. The Morgan fingerprint density at radius 2 is 1.85 bits per heavy atom. The van der Waals surface area contributed by atoms with Crippen LogP contribution in [-0.2, 0) is 16.6 Å². The second-order valence-electron chi connectivity index (χ2n) is 4.42. The van der Waals surface area contributed by atoms with Gasteiger partial charge < -0.3 is 5.32 Å². The molecule has 6 heteroatoms. The highest BCUT2D eigenvalue weighted by Crippen LogP contribution is 2.17. The Morgan fingerprint density at radius 3 is 2.50 bits per heavy atom. The zero-order chi connectivity index (χ0) is 14.6. The Labute approximate surface area is 119 Å². The first kappa shape index (κ1) is 14.5. The number of hydrogen-bond donors (Lipinski definition) is 2. The van der Waals surface area contributed by atoms with Crippen molar-refractivity contribution in [3.05, 3.63) is 53.7 Å². The van der Waals surface area contributed by atoms with Crippen LogP contribution in [-0.4, -0.2) is 20.4 Å². The number of benzene rings is 1. The van der Waals surface area contributed by atoms with Gasteiger partial charge in [-0.05, 0) is 24.6 Å². The molecule has 0 atom stereocenters. The molecule has 2 aromatic rings. The molecule has 106 valence electrons. The molecule has 2 N–H and O–H groups in total. The summed E-state index contributed by atoms with van der Waals surface area (Å²) in [6, 6.07) is 11.1. The fourth-order valence-corrected chi connectivity index (χ4v) is 2.90. The van der Waals surface area contributed by atoms with Crippen LogP contribution in [0, 0.1) is 6.92 Å². The first-order valence-corrected chi connectivity index (χ1v) is 7.69. The van der Waals surface area contributed by atoms with Crippen LogP contribution in [0.3, 0.4) is 0 Å². The Hall–Kier alpha value is -1.92. The summed E-state index contributed by atoms with van der Waals surface area (Å²) in [5.74, 6) is 0. The molecule has 0 aliphatic rings. The number of aryl methyl sites for hydroxylation is 1. The van der Waals surface area contributed by atoms with E-state index in [1.54, 1.807) is 19.2 Å². The van der Waals surface area contributed by atoms with E-state index >= 15 is 0 Å². The predicted octanol–water partition coefficient (Wildman–Crippen LogP) is 1.91. The number of nitrogens with one attached hydrogen (secondary N) is 2. The first-order chi connectivity index (χ1) is 9.53. The van der Waals surface area contributed by atoms with Crippen LogP contribution in [0.2, 0.25) is 0 Å². The van der Waals surface area contributed by atoms with E-state index < -0.39 is 10.0 Å². The normalized spacial score (nSPS) is 11.3. The summed E-state index contributed by atoms with van der Waals surface area (Å²) in [6.07, 6.45) is 1.46. The Bertz CT molecular complexity index is 682. The lowest BCUT2D eigenvalue weighted by molar-refractivity contribution is 0.578. The largest absolute Gasteiger partial charge is 0.386 e. The van der Waals surface area contributed by atoms with E-state index in [0.29, 0.717) is 5.69 Å². The van der Waals surface area contributed by atoms with Crippen molar-refractivity contribution < 1.29 is 8.42 Å². The molecule has 0 spiro atoms. The minimum Gasteiger partial charge on any atom is -0.386 e. The van der Waals surface area contributed by atoms with Gasteiger partial charge in [0.05, 0.1) is 5.69 Å². The number of aromatic nitrogens is 1. The molecule has 5 nitrogen and oxygen atoms in total. The number of sulfonamides is 1. The lowest BCUT2D eigenvalue weighted by atomic mass is 10.2. The molecule has 20 heavy (non-hydrogen) atoms. The topological polar surface area (TPSA) is 71.1 Å². The van der Waals surface area contributed by atoms with Gasteiger partial charge in [-0.1, -0.05) is 29.8 Å². The van der Waals surface area contributed by atoms with Crippen LogP contribution in [0.1, 0.15) is 11.1 Å². The fourth-order valence-electron chi connectivity index (χ4n) is 1.75. The molecule has 1 aromatic heterocycles. The maximum absolute atomic E-state index is 12.2. The molecule has 1 aromatic carbocycles. The number of hydrogen-bond acceptors (Lipinski definition) is 4. The molecule has 0 unspecified atom stereocenters. The summed E-state index contributed by atoms with van der Waals surface area (Å²) < 4.78 is 27.0.